The van der Waals surface area contributed by atoms with E-state index in [4.69, 9.17) is 0 Å². The van der Waals surface area contributed by atoms with Gasteiger partial charge in [0, 0.05) is 6.54 Å². The third kappa shape index (κ3) is 2.50. The lowest BCUT2D eigenvalue weighted by molar-refractivity contribution is 0.113. The van der Waals surface area contributed by atoms with Crippen molar-refractivity contribution >= 4 is 0 Å². The van der Waals surface area contributed by atoms with Gasteiger partial charge in [0.1, 0.15) is 0 Å². The Morgan fingerprint density at radius 2 is 1.79 bits per heavy atom. The molecule has 0 N–H and O–H groups in total. The van der Waals surface area contributed by atoms with E-state index in [1.165, 1.54) is 64.6 Å². The summed E-state index contributed by atoms with van der Waals surface area (Å²) in [5, 5.41) is 0. The number of piperidine rings is 1. The van der Waals surface area contributed by atoms with Gasteiger partial charge in [-0.05, 0) is 44.2 Å². The maximum Gasteiger partial charge on any atom is 0.00123 e. The molecule has 0 spiro atoms. The fourth-order valence-corrected chi connectivity index (χ4v) is 3.37. The molecule has 82 valence electrons. The van der Waals surface area contributed by atoms with Crippen LogP contribution in [0.15, 0.2) is 0 Å². The van der Waals surface area contributed by atoms with Gasteiger partial charge in [-0.3, -0.25) is 0 Å². The maximum atomic E-state index is 2.70. The van der Waals surface area contributed by atoms with Crippen LogP contribution >= 0.6 is 0 Å². The van der Waals surface area contributed by atoms with E-state index in [2.05, 4.69) is 11.8 Å². The van der Waals surface area contributed by atoms with Gasteiger partial charge in [0.15, 0.2) is 0 Å². The van der Waals surface area contributed by atoms with E-state index in [1.807, 2.05) is 0 Å². The minimum atomic E-state index is 1.05. The molecule has 1 aliphatic carbocycles. The first-order valence-corrected chi connectivity index (χ1v) is 6.62. The van der Waals surface area contributed by atoms with E-state index in [9.17, 15) is 0 Å². The summed E-state index contributed by atoms with van der Waals surface area (Å²) in [6.07, 6.45) is 10.4. The van der Waals surface area contributed by atoms with E-state index in [1.54, 1.807) is 0 Å². The van der Waals surface area contributed by atoms with Gasteiger partial charge in [-0.15, -0.1) is 0 Å². The summed E-state index contributed by atoms with van der Waals surface area (Å²) in [6.45, 7) is 6.44. The molecule has 0 aromatic rings. The van der Waals surface area contributed by atoms with Gasteiger partial charge in [-0.1, -0.05) is 32.6 Å². The normalized spacial score (nSPS) is 34.9. The molecule has 1 heterocycles. The standard InChI is InChI=1S/C13H25N/c1-2-9-14-10-8-12-6-4-3-5-7-13(12)11-14/h12-13H,2-11H2,1H3. The summed E-state index contributed by atoms with van der Waals surface area (Å²) in [7, 11) is 0. The maximum absolute atomic E-state index is 2.70. The Morgan fingerprint density at radius 3 is 2.57 bits per heavy atom. The zero-order valence-corrected chi connectivity index (χ0v) is 9.67. The zero-order valence-electron chi connectivity index (χ0n) is 9.67. The first-order valence-electron chi connectivity index (χ1n) is 6.62. The number of rotatable bonds is 2. The molecule has 1 heteroatoms. The van der Waals surface area contributed by atoms with Crippen molar-refractivity contribution < 1.29 is 0 Å². The van der Waals surface area contributed by atoms with Crippen LogP contribution in [0.1, 0.15) is 51.9 Å². The Labute approximate surface area is 88.9 Å². The van der Waals surface area contributed by atoms with Crippen LogP contribution in [-0.2, 0) is 0 Å². The average molecular weight is 195 g/mol. The van der Waals surface area contributed by atoms with Crippen LogP contribution in [0, 0.1) is 11.8 Å². The van der Waals surface area contributed by atoms with Crippen molar-refractivity contribution in [2.24, 2.45) is 11.8 Å². The van der Waals surface area contributed by atoms with Crippen LogP contribution in [0.25, 0.3) is 0 Å². The molecule has 1 aliphatic heterocycles. The van der Waals surface area contributed by atoms with Crippen LogP contribution in [0.4, 0.5) is 0 Å². The highest BCUT2D eigenvalue weighted by molar-refractivity contribution is 4.82. The lowest BCUT2D eigenvalue weighted by Gasteiger charge is -2.37. The summed E-state index contributed by atoms with van der Waals surface area (Å²) in [5.74, 6) is 2.14. The van der Waals surface area contributed by atoms with Gasteiger partial charge in [-0.25, -0.2) is 0 Å². The molecular formula is C13H25N. The minimum Gasteiger partial charge on any atom is -0.303 e. The van der Waals surface area contributed by atoms with Crippen molar-refractivity contribution in [1.82, 2.24) is 4.90 Å². The second-order valence-corrected chi connectivity index (χ2v) is 5.25. The Kier molecular flexibility index (Phi) is 3.86. The summed E-state index contributed by atoms with van der Waals surface area (Å²) in [4.78, 5) is 2.70. The molecule has 1 saturated carbocycles. The van der Waals surface area contributed by atoms with Crippen molar-refractivity contribution in [2.75, 3.05) is 19.6 Å². The molecule has 2 unspecified atom stereocenters. The van der Waals surface area contributed by atoms with Gasteiger partial charge in [0.25, 0.3) is 0 Å². The summed E-state index contributed by atoms with van der Waals surface area (Å²) < 4.78 is 0. The van der Waals surface area contributed by atoms with Crippen molar-refractivity contribution in [3.63, 3.8) is 0 Å². The number of likely N-dealkylation sites (tertiary alicyclic amines) is 1. The quantitative estimate of drug-likeness (QED) is 0.653. The summed E-state index contributed by atoms with van der Waals surface area (Å²) >= 11 is 0. The monoisotopic (exact) mass is 195 g/mol. The van der Waals surface area contributed by atoms with Crippen LogP contribution < -0.4 is 0 Å². The summed E-state index contributed by atoms with van der Waals surface area (Å²) in [5.41, 5.74) is 0. The van der Waals surface area contributed by atoms with Gasteiger partial charge in [0.05, 0.1) is 0 Å². The lowest BCUT2D eigenvalue weighted by Crippen LogP contribution is -2.40. The Morgan fingerprint density at radius 1 is 1.00 bits per heavy atom. The fraction of sp³-hybridized carbons (Fsp3) is 1.00. The third-order valence-electron chi connectivity index (χ3n) is 4.17. The second-order valence-electron chi connectivity index (χ2n) is 5.25. The van der Waals surface area contributed by atoms with E-state index in [0.29, 0.717) is 0 Å². The molecule has 1 saturated heterocycles. The number of fused-ring (bicyclic) bond motifs is 1. The molecule has 1 nitrogen and oxygen atoms in total. The molecule has 0 aromatic heterocycles. The highest BCUT2D eigenvalue weighted by Crippen LogP contribution is 2.34. The largest absolute Gasteiger partial charge is 0.303 e. The Hall–Kier alpha value is -0.0400. The minimum absolute atomic E-state index is 1.05. The predicted octanol–water partition coefficient (Wildman–Crippen LogP) is 3.30. The Balaban J connectivity index is 1.86. The van der Waals surface area contributed by atoms with Crippen molar-refractivity contribution in [3.05, 3.63) is 0 Å². The van der Waals surface area contributed by atoms with Crippen LogP contribution in [0.2, 0.25) is 0 Å². The smallest absolute Gasteiger partial charge is 0.00123 e. The number of hydrogen-bond donors (Lipinski definition) is 0. The van der Waals surface area contributed by atoms with Gasteiger partial charge < -0.3 is 4.90 Å². The average Bonchev–Trinajstić information content (AvgIpc) is 2.42. The van der Waals surface area contributed by atoms with Crippen LogP contribution in [0.3, 0.4) is 0 Å². The zero-order chi connectivity index (χ0) is 9.80. The highest BCUT2D eigenvalue weighted by Gasteiger charge is 2.29. The molecule has 2 fully saturated rings. The lowest BCUT2D eigenvalue weighted by atomic mass is 9.82. The van der Waals surface area contributed by atoms with E-state index in [0.717, 1.165) is 11.8 Å². The molecule has 0 amide bonds. The molecule has 14 heavy (non-hydrogen) atoms. The van der Waals surface area contributed by atoms with Crippen LogP contribution in [0.5, 0.6) is 0 Å². The first kappa shape index (κ1) is 10.5. The number of hydrogen-bond acceptors (Lipinski definition) is 1. The van der Waals surface area contributed by atoms with E-state index < -0.39 is 0 Å². The van der Waals surface area contributed by atoms with E-state index >= 15 is 0 Å². The second kappa shape index (κ2) is 5.16. The van der Waals surface area contributed by atoms with Gasteiger partial charge in [0.2, 0.25) is 0 Å². The predicted molar refractivity (Wildman–Crippen MR) is 61.4 cm³/mol. The summed E-state index contributed by atoms with van der Waals surface area (Å²) in [6, 6.07) is 0. The molecule has 0 aromatic carbocycles. The molecule has 2 aliphatic rings. The van der Waals surface area contributed by atoms with E-state index in [-0.39, 0.29) is 0 Å². The van der Waals surface area contributed by atoms with Crippen molar-refractivity contribution in [1.29, 1.82) is 0 Å². The first-order chi connectivity index (χ1) is 6.90. The number of nitrogens with zero attached hydrogens (tertiary/aromatic N) is 1. The van der Waals surface area contributed by atoms with Crippen molar-refractivity contribution in [2.45, 2.75) is 51.9 Å². The SMILES string of the molecule is CCCN1CCC2CCCCCC2C1. The molecule has 0 bridgehead atoms. The topological polar surface area (TPSA) is 3.24 Å². The van der Waals surface area contributed by atoms with Gasteiger partial charge >= 0.3 is 0 Å². The third-order valence-corrected chi connectivity index (χ3v) is 4.17. The van der Waals surface area contributed by atoms with Gasteiger partial charge in [-0.2, -0.15) is 0 Å². The Bertz CT molecular complexity index is 167. The molecule has 2 atom stereocenters. The van der Waals surface area contributed by atoms with Crippen molar-refractivity contribution in [3.8, 4) is 0 Å². The molecule has 2 rings (SSSR count). The molecule has 0 radical (unpaired) electrons. The fourth-order valence-electron chi connectivity index (χ4n) is 3.37. The van der Waals surface area contributed by atoms with Crippen LogP contribution in [-0.4, -0.2) is 24.5 Å². The highest BCUT2D eigenvalue weighted by atomic mass is 15.1. The molecular weight excluding hydrogens is 170 g/mol.